The van der Waals surface area contributed by atoms with Gasteiger partial charge in [0.15, 0.2) is 0 Å². The van der Waals surface area contributed by atoms with Crippen LogP contribution in [0.3, 0.4) is 0 Å². The summed E-state index contributed by atoms with van der Waals surface area (Å²) in [6, 6.07) is 4.05. The highest BCUT2D eigenvalue weighted by atomic mass is 35.5. The van der Waals surface area contributed by atoms with Crippen molar-refractivity contribution in [2.24, 2.45) is 0 Å². The molecular weight excluding hydrogens is 371 g/mol. The number of benzene rings is 1. The Hall–Kier alpha value is -1.86. The van der Waals surface area contributed by atoms with Crippen LogP contribution < -0.4 is 5.32 Å². The molecule has 1 aromatic carbocycles. The summed E-state index contributed by atoms with van der Waals surface area (Å²) in [5.41, 5.74) is 0.382. The number of hydrogen-bond acceptors (Lipinski definition) is 3. The van der Waals surface area contributed by atoms with E-state index < -0.39 is 5.82 Å². The van der Waals surface area contributed by atoms with Crippen molar-refractivity contribution in [3.63, 3.8) is 0 Å². The molecule has 1 N–H and O–H groups in total. The van der Waals surface area contributed by atoms with Gasteiger partial charge in [0, 0.05) is 57.4 Å². The summed E-state index contributed by atoms with van der Waals surface area (Å²) < 4.78 is 13.3. The summed E-state index contributed by atoms with van der Waals surface area (Å²) in [6.07, 6.45) is 1.90. The Morgan fingerprint density at radius 2 is 1.89 bits per heavy atom. The summed E-state index contributed by atoms with van der Waals surface area (Å²) in [7, 11) is 1.65. The molecule has 1 atom stereocenters. The number of halogens is 2. The van der Waals surface area contributed by atoms with Crippen LogP contribution in [0.1, 0.15) is 30.1 Å². The summed E-state index contributed by atoms with van der Waals surface area (Å²) in [5.74, 6) is -0.648. The van der Waals surface area contributed by atoms with Crippen molar-refractivity contribution in [3.8, 4) is 0 Å². The zero-order valence-electron chi connectivity index (χ0n) is 15.8. The van der Waals surface area contributed by atoms with Crippen LogP contribution in [-0.2, 0) is 0 Å². The average Bonchev–Trinajstić information content (AvgIpc) is 3.15. The molecule has 0 unspecified atom stereocenters. The van der Waals surface area contributed by atoms with E-state index in [-0.39, 0.29) is 22.5 Å². The van der Waals surface area contributed by atoms with E-state index in [9.17, 15) is 14.0 Å². The van der Waals surface area contributed by atoms with E-state index in [0.29, 0.717) is 25.2 Å². The van der Waals surface area contributed by atoms with Gasteiger partial charge in [-0.05, 0) is 31.0 Å². The number of rotatable bonds is 3. The molecule has 0 bridgehead atoms. The topological polar surface area (TPSA) is 55.9 Å². The summed E-state index contributed by atoms with van der Waals surface area (Å²) in [4.78, 5) is 30.7. The second kappa shape index (κ2) is 8.02. The second-order valence-corrected chi connectivity index (χ2v) is 7.62. The maximum atomic E-state index is 13.3. The number of carbonyl (C=O) groups is 2. The number of nitrogens with zero attached hydrogens (tertiary/aromatic N) is 3. The summed E-state index contributed by atoms with van der Waals surface area (Å²) >= 11 is 5.80. The van der Waals surface area contributed by atoms with E-state index in [1.807, 2.05) is 4.90 Å². The van der Waals surface area contributed by atoms with Gasteiger partial charge in [-0.3, -0.25) is 9.69 Å². The molecule has 2 fully saturated rings. The lowest BCUT2D eigenvalue weighted by molar-refractivity contribution is 0.0301. The number of piperazine rings is 1. The van der Waals surface area contributed by atoms with E-state index in [4.69, 9.17) is 11.6 Å². The highest BCUT2D eigenvalue weighted by Crippen LogP contribution is 2.32. The van der Waals surface area contributed by atoms with Gasteiger partial charge in [-0.1, -0.05) is 18.5 Å². The Labute approximate surface area is 164 Å². The summed E-state index contributed by atoms with van der Waals surface area (Å²) in [5, 5.41) is 2.66. The number of amides is 3. The quantitative estimate of drug-likeness (QED) is 0.853. The van der Waals surface area contributed by atoms with Gasteiger partial charge >= 0.3 is 6.03 Å². The number of urea groups is 1. The zero-order valence-corrected chi connectivity index (χ0v) is 16.6. The number of nitrogens with one attached hydrogen (secondary N) is 1. The fourth-order valence-electron chi connectivity index (χ4n) is 4.15. The van der Waals surface area contributed by atoms with Crippen LogP contribution in [0.2, 0.25) is 5.02 Å². The van der Waals surface area contributed by atoms with E-state index in [2.05, 4.69) is 17.1 Å². The number of carbonyl (C=O) groups excluding carboxylic acids is 2. The largest absolute Gasteiger partial charge is 0.341 e. The second-order valence-electron chi connectivity index (χ2n) is 7.21. The van der Waals surface area contributed by atoms with E-state index >= 15 is 0 Å². The van der Waals surface area contributed by atoms with E-state index in [1.54, 1.807) is 11.9 Å². The van der Waals surface area contributed by atoms with Crippen LogP contribution in [0.4, 0.5) is 9.18 Å². The molecule has 2 saturated heterocycles. The Balaban J connectivity index is 1.63. The van der Waals surface area contributed by atoms with Gasteiger partial charge in [0.2, 0.25) is 0 Å². The van der Waals surface area contributed by atoms with Crippen LogP contribution in [0.5, 0.6) is 0 Å². The average molecular weight is 397 g/mol. The summed E-state index contributed by atoms with van der Waals surface area (Å²) in [6.45, 7) is 6.36. The molecule has 3 amide bonds. The van der Waals surface area contributed by atoms with Crippen molar-refractivity contribution >= 4 is 23.5 Å². The molecule has 2 aliphatic heterocycles. The minimum Gasteiger partial charge on any atom is -0.341 e. The minimum atomic E-state index is -0.523. The van der Waals surface area contributed by atoms with Gasteiger partial charge in [-0.2, -0.15) is 0 Å². The van der Waals surface area contributed by atoms with Crippen LogP contribution in [0, 0.1) is 5.82 Å². The monoisotopic (exact) mass is 396 g/mol. The predicted octanol–water partition coefficient (Wildman–Crippen LogP) is 2.43. The van der Waals surface area contributed by atoms with Crippen molar-refractivity contribution < 1.29 is 14.0 Å². The lowest BCUT2D eigenvalue weighted by Gasteiger charge is -2.45. The molecule has 0 aliphatic carbocycles. The SMILES string of the molecule is CC[C@]1(N2CCN(C(=O)c3ccc(F)c(Cl)c3)CC2)CCN(C(=O)NC)C1. The molecule has 27 heavy (non-hydrogen) atoms. The predicted molar refractivity (Wildman–Crippen MR) is 103 cm³/mol. The van der Waals surface area contributed by atoms with Crippen molar-refractivity contribution in [2.75, 3.05) is 46.3 Å². The van der Waals surface area contributed by atoms with Crippen molar-refractivity contribution in [1.29, 1.82) is 0 Å². The van der Waals surface area contributed by atoms with Gasteiger partial charge in [0.05, 0.1) is 5.02 Å². The lowest BCUT2D eigenvalue weighted by atomic mass is 9.92. The molecule has 148 valence electrons. The van der Waals surface area contributed by atoms with Crippen LogP contribution in [0.25, 0.3) is 0 Å². The third-order valence-electron chi connectivity index (χ3n) is 5.90. The smallest absolute Gasteiger partial charge is 0.317 e. The fraction of sp³-hybridized carbons (Fsp3) is 0.579. The molecule has 0 saturated carbocycles. The molecule has 6 nitrogen and oxygen atoms in total. The van der Waals surface area contributed by atoms with Crippen molar-refractivity contribution in [2.45, 2.75) is 25.3 Å². The fourth-order valence-corrected chi connectivity index (χ4v) is 4.33. The molecule has 2 heterocycles. The first-order chi connectivity index (χ1) is 12.9. The molecule has 0 aromatic heterocycles. The van der Waals surface area contributed by atoms with Crippen molar-refractivity contribution in [1.82, 2.24) is 20.0 Å². The maximum Gasteiger partial charge on any atom is 0.317 e. The van der Waals surface area contributed by atoms with Gasteiger partial charge in [0.25, 0.3) is 5.91 Å². The Morgan fingerprint density at radius 3 is 2.48 bits per heavy atom. The molecule has 0 spiro atoms. The van der Waals surface area contributed by atoms with Gasteiger partial charge in [-0.15, -0.1) is 0 Å². The van der Waals surface area contributed by atoms with Crippen molar-refractivity contribution in [3.05, 3.63) is 34.6 Å². The first-order valence-corrected chi connectivity index (χ1v) is 9.74. The van der Waals surface area contributed by atoms with Gasteiger partial charge in [0.1, 0.15) is 5.82 Å². The van der Waals surface area contributed by atoms with Gasteiger partial charge in [-0.25, -0.2) is 9.18 Å². The molecule has 0 radical (unpaired) electrons. The first kappa shape index (κ1) is 19.9. The molecule has 2 aliphatic rings. The zero-order chi connectivity index (χ0) is 19.6. The van der Waals surface area contributed by atoms with E-state index in [0.717, 1.165) is 32.5 Å². The Morgan fingerprint density at radius 1 is 1.19 bits per heavy atom. The Kier molecular flexibility index (Phi) is 5.91. The highest BCUT2D eigenvalue weighted by molar-refractivity contribution is 6.31. The number of hydrogen-bond donors (Lipinski definition) is 1. The van der Waals surface area contributed by atoms with Gasteiger partial charge < -0.3 is 15.1 Å². The molecular formula is C19H26ClFN4O2. The third-order valence-corrected chi connectivity index (χ3v) is 6.19. The molecule has 8 heteroatoms. The van der Waals surface area contributed by atoms with Crippen LogP contribution in [-0.4, -0.2) is 78.5 Å². The Bertz CT molecular complexity index is 724. The third kappa shape index (κ3) is 3.89. The standard InChI is InChI=1S/C19H26ClFN4O2/c1-3-19(6-7-24(13-19)18(27)22-2)25-10-8-23(9-11-25)17(26)14-4-5-16(21)15(20)12-14/h4-5,12H,3,6-11,13H2,1-2H3,(H,22,27)/t19-/m0/s1. The van der Waals surface area contributed by atoms with E-state index in [1.165, 1.54) is 18.2 Å². The van der Waals surface area contributed by atoms with Crippen LogP contribution >= 0.6 is 11.6 Å². The lowest BCUT2D eigenvalue weighted by Crippen LogP contribution is -2.59. The molecule has 1 aromatic rings. The minimum absolute atomic E-state index is 0.0270. The normalized spacial score (nSPS) is 23.6. The highest BCUT2D eigenvalue weighted by Gasteiger charge is 2.44. The first-order valence-electron chi connectivity index (χ1n) is 9.36. The number of likely N-dealkylation sites (tertiary alicyclic amines) is 1. The van der Waals surface area contributed by atoms with Crippen LogP contribution in [0.15, 0.2) is 18.2 Å². The molecule has 3 rings (SSSR count). The maximum absolute atomic E-state index is 13.3.